The first kappa shape index (κ1) is 14.6. The summed E-state index contributed by atoms with van der Waals surface area (Å²) >= 11 is 0. The predicted octanol–water partition coefficient (Wildman–Crippen LogP) is -2.98. The second-order valence-corrected chi connectivity index (χ2v) is 4.57. The summed E-state index contributed by atoms with van der Waals surface area (Å²) in [7, 11) is -3.68. The van der Waals surface area contributed by atoms with E-state index in [0.29, 0.717) is 0 Å². The normalized spacial score (nSPS) is 12.9. The molecule has 0 aromatic heterocycles. The summed E-state index contributed by atoms with van der Waals surface area (Å²) < 4.78 is 20.9. The summed E-state index contributed by atoms with van der Waals surface area (Å²) in [5.41, 5.74) is 0. The molecule has 0 fully saturated rings. The first-order chi connectivity index (χ1) is 7.26. The van der Waals surface area contributed by atoms with E-state index in [9.17, 15) is 18.0 Å². The number of aliphatic hydroxyl groups excluding tert-OH is 1. The van der Waals surface area contributed by atoms with Gasteiger partial charge in [0.25, 0.3) is 0 Å². The van der Waals surface area contributed by atoms with Gasteiger partial charge in [-0.05, 0) is 0 Å². The van der Waals surface area contributed by atoms with Gasteiger partial charge in [-0.3, -0.25) is 0 Å². The molecule has 94 valence electrons. The van der Waals surface area contributed by atoms with Crippen molar-refractivity contribution in [3.8, 4) is 0 Å². The van der Waals surface area contributed by atoms with Gasteiger partial charge in [-0.1, -0.05) is 0 Å². The fourth-order valence-electron chi connectivity index (χ4n) is 0.702. The largest absolute Gasteiger partial charge is 0.480 e. The third-order valence-corrected chi connectivity index (χ3v) is 2.23. The van der Waals surface area contributed by atoms with Gasteiger partial charge in [0.2, 0.25) is 10.0 Å². The Kier molecular flexibility index (Phi) is 5.71. The number of aliphatic hydroxyl groups is 1. The second-order valence-electron chi connectivity index (χ2n) is 2.84. The Bertz CT molecular complexity index is 353. The van der Waals surface area contributed by atoms with Crippen LogP contribution < -0.4 is 15.8 Å². The Labute approximate surface area is 91.7 Å². The van der Waals surface area contributed by atoms with Crippen molar-refractivity contribution in [3.63, 3.8) is 0 Å². The number of nitrogens with one attached hydrogen (secondary N) is 2. The summed E-state index contributed by atoms with van der Waals surface area (Å²) in [5, 5.41) is 25.7. The van der Waals surface area contributed by atoms with E-state index >= 15 is 0 Å². The SMILES string of the molecule is NS(=O)(=O)CCNC(=O)NC(CO)C(=O)O. The van der Waals surface area contributed by atoms with Gasteiger partial charge in [0.15, 0.2) is 6.04 Å². The molecule has 0 heterocycles. The van der Waals surface area contributed by atoms with E-state index in [2.05, 4.69) is 10.5 Å². The Balaban J connectivity index is 3.95. The van der Waals surface area contributed by atoms with Crippen LogP contribution in [0, 0.1) is 0 Å². The topological polar surface area (TPSA) is 159 Å². The molecule has 0 aromatic carbocycles. The minimum atomic E-state index is -3.68. The highest BCUT2D eigenvalue weighted by Gasteiger charge is 2.18. The molecule has 1 unspecified atom stereocenters. The van der Waals surface area contributed by atoms with Crippen molar-refractivity contribution in [2.24, 2.45) is 5.14 Å². The summed E-state index contributed by atoms with van der Waals surface area (Å²) in [5.74, 6) is -1.86. The average molecular weight is 255 g/mol. The number of aliphatic carboxylic acids is 1. The van der Waals surface area contributed by atoms with E-state index in [-0.39, 0.29) is 6.54 Å². The maximum absolute atomic E-state index is 11.0. The van der Waals surface area contributed by atoms with Gasteiger partial charge in [-0.25, -0.2) is 23.1 Å². The molecule has 0 aromatic rings. The molecule has 9 nitrogen and oxygen atoms in total. The lowest BCUT2D eigenvalue weighted by Crippen LogP contribution is -2.48. The molecule has 6 N–H and O–H groups in total. The first-order valence-corrected chi connectivity index (χ1v) is 5.86. The summed E-state index contributed by atoms with van der Waals surface area (Å²) in [6.07, 6.45) is 0. The maximum Gasteiger partial charge on any atom is 0.328 e. The van der Waals surface area contributed by atoms with Crippen LogP contribution in [-0.4, -0.2) is 55.6 Å². The standard InChI is InChI=1S/C6H13N3O6S/c7-16(14,15)2-1-8-6(13)9-4(3-10)5(11)12/h4,10H,1-3H2,(H,11,12)(H2,7,14,15)(H2,8,9,13). The molecule has 0 aliphatic rings. The third kappa shape index (κ3) is 6.98. The highest BCUT2D eigenvalue weighted by Crippen LogP contribution is 1.82. The Morgan fingerprint density at radius 3 is 2.31 bits per heavy atom. The number of rotatable bonds is 6. The molecule has 0 aliphatic heterocycles. The first-order valence-electron chi connectivity index (χ1n) is 4.14. The molecule has 0 aliphatic carbocycles. The van der Waals surface area contributed by atoms with Crippen LogP contribution >= 0.6 is 0 Å². The van der Waals surface area contributed by atoms with Crippen molar-refractivity contribution >= 4 is 22.0 Å². The number of urea groups is 1. The van der Waals surface area contributed by atoms with E-state index in [1.807, 2.05) is 5.32 Å². The predicted molar refractivity (Wildman–Crippen MR) is 53.0 cm³/mol. The van der Waals surface area contributed by atoms with Crippen LogP contribution in [0.4, 0.5) is 4.79 Å². The van der Waals surface area contributed by atoms with Gasteiger partial charge >= 0.3 is 12.0 Å². The highest BCUT2D eigenvalue weighted by molar-refractivity contribution is 7.89. The fraction of sp³-hybridized carbons (Fsp3) is 0.667. The average Bonchev–Trinajstić information content (AvgIpc) is 2.11. The number of sulfonamides is 1. The Morgan fingerprint density at radius 2 is 1.94 bits per heavy atom. The van der Waals surface area contributed by atoms with E-state index in [1.165, 1.54) is 0 Å². The maximum atomic E-state index is 11.0. The molecule has 10 heteroatoms. The molecule has 0 saturated carbocycles. The van der Waals surface area contributed by atoms with Crippen molar-refractivity contribution in [2.75, 3.05) is 18.9 Å². The van der Waals surface area contributed by atoms with Gasteiger partial charge in [-0.2, -0.15) is 0 Å². The van der Waals surface area contributed by atoms with Crippen molar-refractivity contribution in [2.45, 2.75) is 6.04 Å². The molecule has 0 spiro atoms. The fourth-order valence-corrected chi connectivity index (χ4v) is 1.09. The second kappa shape index (κ2) is 6.25. The number of nitrogens with two attached hydrogens (primary N) is 1. The van der Waals surface area contributed by atoms with Gasteiger partial charge in [-0.15, -0.1) is 0 Å². The number of carboxylic acid groups (broad SMARTS) is 1. The molecule has 0 radical (unpaired) electrons. The number of amides is 2. The third-order valence-electron chi connectivity index (χ3n) is 1.46. The highest BCUT2D eigenvalue weighted by atomic mass is 32.2. The molecule has 0 bridgehead atoms. The van der Waals surface area contributed by atoms with Crippen molar-refractivity contribution < 1.29 is 28.2 Å². The van der Waals surface area contributed by atoms with E-state index < -0.39 is 40.4 Å². The molecule has 16 heavy (non-hydrogen) atoms. The molecular weight excluding hydrogens is 242 g/mol. The van der Waals surface area contributed by atoms with Crippen LogP contribution in [0.5, 0.6) is 0 Å². The monoisotopic (exact) mass is 255 g/mol. The van der Waals surface area contributed by atoms with Crippen LogP contribution in [0.1, 0.15) is 0 Å². The van der Waals surface area contributed by atoms with Gasteiger partial charge < -0.3 is 20.8 Å². The zero-order chi connectivity index (χ0) is 12.8. The van der Waals surface area contributed by atoms with Crippen LogP contribution in [-0.2, 0) is 14.8 Å². The van der Waals surface area contributed by atoms with Gasteiger partial charge in [0.05, 0.1) is 12.4 Å². The van der Waals surface area contributed by atoms with Crippen molar-refractivity contribution in [3.05, 3.63) is 0 Å². The summed E-state index contributed by atoms with van der Waals surface area (Å²) in [6.45, 7) is -1.01. The minimum Gasteiger partial charge on any atom is -0.480 e. The lowest BCUT2D eigenvalue weighted by molar-refractivity contribution is -0.140. The zero-order valence-electron chi connectivity index (χ0n) is 8.21. The zero-order valence-corrected chi connectivity index (χ0v) is 9.03. The van der Waals surface area contributed by atoms with E-state index in [0.717, 1.165) is 0 Å². The Morgan fingerprint density at radius 1 is 1.38 bits per heavy atom. The van der Waals surface area contributed by atoms with Crippen molar-refractivity contribution in [1.29, 1.82) is 0 Å². The molecular formula is C6H13N3O6S. The Hall–Kier alpha value is -1.39. The molecule has 1 atom stereocenters. The lowest BCUT2D eigenvalue weighted by atomic mass is 10.3. The number of hydrogen-bond acceptors (Lipinski definition) is 5. The van der Waals surface area contributed by atoms with E-state index in [1.54, 1.807) is 0 Å². The number of primary sulfonamides is 1. The smallest absolute Gasteiger partial charge is 0.328 e. The number of carbonyl (C=O) groups is 2. The quantitative estimate of drug-likeness (QED) is 0.340. The number of hydrogen-bond donors (Lipinski definition) is 5. The van der Waals surface area contributed by atoms with Crippen LogP contribution in [0.25, 0.3) is 0 Å². The van der Waals surface area contributed by atoms with Gasteiger partial charge in [0, 0.05) is 6.54 Å². The summed E-state index contributed by atoms with van der Waals surface area (Å²) in [4.78, 5) is 21.4. The summed E-state index contributed by atoms with van der Waals surface area (Å²) in [6, 6.07) is -2.33. The number of carboxylic acids is 1. The van der Waals surface area contributed by atoms with Crippen LogP contribution in [0.15, 0.2) is 0 Å². The number of carbonyl (C=O) groups excluding carboxylic acids is 1. The molecule has 0 saturated heterocycles. The van der Waals surface area contributed by atoms with Gasteiger partial charge in [0.1, 0.15) is 0 Å². The molecule has 2 amide bonds. The lowest BCUT2D eigenvalue weighted by Gasteiger charge is -2.12. The van der Waals surface area contributed by atoms with E-state index in [4.69, 9.17) is 10.2 Å². The molecule has 0 rings (SSSR count). The van der Waals surface area contributed by atoms with Crippen LogP contribution in [0.2, 0.25) is 0 Å². The van der Waals surface area contributed by atoms with Crippen LogP contribution in [0.3, 0.4) is 0 Å². The minimum absolute atomic E-state index is 0.248. The van der Waals surface area contributed by atoms with Crippen molar-refractivity contribution in [1.82, 2.24) is 10.6 Å².